The van der Waals surface area contributed by atoms with E-state index in [0.717, 1.165) is 17.9 Å². The first-order valence-electron chi connectivity index (χ1n) is 7.96. The van der Waals surface area contributed by atoms with E-state index in [4.69, 9.17) is 0 Å². The smallest absolute Gasteiger partial charge is 0.0152 e. The van der Waals surface area contributed by atoms with Gasteiger partial charge in [-0.2, -0.15) is 0 Å². The first-order chi connectivity index (χ1) is 8.19. The number of nitrogens with zero attached hydrogens (tertiary/aromatic N) is 1. The molecule has 0 bridgehead atoms. The summed E-state index contributed by atoms with van der Waals surface area (Å²) in [5.41, 5.74) is 0.734. The highest BCUT2D eigenvalue weighted by atomic mass is 15.2. The van der Waals surface area contributed by atoms with Crippen LogP contribution in [0.15, 0.2) is 0 Å². The van der Waals surface area contributed by atoms with Gasteiger partial charge in [-0.05, 0) is 57.4 Å². The summed E-state index contributed by atoms with van der Waals surface area (Å²) in [5, 5.41) is 0. The molecule has 1 heterocycles. The van der Waals surface area contributed by atoms with E-state index in [0.29, 0.717) is 11.0 Å². The topological polar surface area (TPSA) is 3.24 Å². The molecule has 2 unspecified atom stereocenters. The molecular formula is C17H33N. The molecule has 2 rings (SSSR count). The minimum absolute atomic E-state index is 0.322. The molecule has 0 spiro atoms. The quantitative estimate of drug-likeness (QED) is 0.652. The Morgan fingerprint density at radius 3 is 1.83 bits per heavy atom. The standard InChI is InChI=1S/C17H33N/c1-16(2,3)15-12-14(13-8-7-9-13)10-11-18(15)17(4,5)6/h13-15H,7-12H2,1-6H3. The van der Waals surface area contributed by atoms with E-state index >= 15 is 0 Å². The molecule has 0 aromatic rings. The zero-order valence-electron chi connectivity index (χ0n) is 13.4. The van der Waals surface area contributed by atoms with Crippen LogP contribution in [0.25, 0.3) is 0 Å². The van der Waals surface area contributed by atoms with Crippen LogP contribution in [-0.4, -0.2) is 23.0 Å². The van der Waals surface area contributed by atoms with Gasteiger partial charge in [0.05, 0.1) is 0 Å². The minimum atomic E-state index is 0.322. The van der Waals surface area contributed by atoms with Crippen molar-refractivity contribution in [3.05, 3.63) is 0 Å². The van der Waals surface area contributed by atoms with Crippen molar-refractivity contribution in [1.82, 2.24) is 4.90 Å². The summed E-state index contributed by atoms with van der Waals surface area (Å²) in [4.78, 5) is 2.78. The number of hydrogen-bond acceptors (Lipinski definition) is 1. The fourth-order valence-corrected chi connectivity index (χ4v) is 3.96. The van der Waals surface area contributed by atoms with E-state index in [9.17, 15) is 0 Å². The molecule has 1 saturated carbocycles. The van der Waals surface area contributed by atoms with Crippen LogP contribution < -0.4 is 0 Å². The normalized spacial score (nSPS) is 32.3. The number of likely N-dealkylation sites (tertiary alicyclic amines) is 1. The molecule has 0 N–H and O–H groups in total. The lowest BCUT2D eigenvalue weighted by Gasteiger charge is -2.53. The third kappa shape index (κ3) is 2.92. The van der Waals surface area contributed by atoms with Crippen LogP contribution in [-0.2, 0) is 0 Å². The van der Waals surface area contributed by atoms with Crippen LogP contribution in [0.5, 0.6) is 0 Å². The lowest BCUT2D eigenvalue weighted by atomic mass is 9.66. The van der Waals surface area contributed by atoms with Crippen LogP contribution >= 0.6 is 0 Å². The summed E-state index contributed by atoms with van der Waals surface area (Å²) in [6.45, 7) is 15.8. The SMILES string of the molecule is CC(C)(C)C1CC(C2CCC2)CCN1C(C)(C)C. The summed E-state index contributed by atoms with van der Waals surface area (Å²) < 4.78 is 0. The minimum Gasteiger partial charge on any atom is -0.295 e. The second-order valence-electron chi connectivity index (χ2n) is 8.72. The first kappa shape index (κ1) is 14.4. The molecule has 1 heteroatoms. The second kappa shape index (κ2) is 4.81. The second-order valence-corrected chi connectivity index (χ2v) is 8.72. The average Bonchev–Trinajstić information content (AvgIpc) is 2.11. The maximum atomic E-state index is 2.78. The highest BCUT2D eigenvalue weighted by Gasteiger charge is 2.42. The summed E-state index contributed by atoms with van der Waals surface area (Å²) in [7, 11) is 0. The summed E-state index contributed by atoms with van der Waals surface area (Å²) in [6, 6.07) is 0.761. The highest BCUT2D eigenvalue weighted by Crippen LogP contribution is 2.45. The van der Waals surface area contributed by atoms with E-state index in [-0.39, 0.29) is 0 Å². The molecule has 0 aromatic carbocycles. The molecule has 0 amide bonds. The largest absolute Gasteiger partial charge is 0.295 e. The average molecular weight is 251 g/mol. The van der Waals surface area contributed by atoms with Crippen molar-refractivity contribution < 1.29 is 0 Å². The maximum absolute atomic E-state index is 2.78. The fraction of sp³-hybridized carbons (Fsp3) is 1.00. The van der Waals surface area contributed by atoms with Crippen LogP contribution in [0.1, 0.15) is 73.6 Å². The number of rotatable bonds is 1. The number of piperidine rings is 1. The van der Waals surface area contributed by atoms with Crippen molar-refractivity contribution in [1.29, 1.82) is 0 Å². The lowest BCUT2D eigenvalue weighted by molar-refractivity contribution is -0.0398. The van der Waals surface area contributed by atoms with E-state index in [2.05, 4.69) is 46.4 Å². The predicted molar refractivity (Wildman–Crippen MR) is 79.8 cm³/mol. The Kier molecular flexibility index (Phi) is 3.84. The van der Waals surface area contributed by atoms with Crippen LogP contribution in [0.4, 0.5) is 0 Å². The third-order valence-corrected chi connectivity index (χ3v) is 5.32. The van der Waals surface area contributed by atoms with Gasteiger partial charge in [-0.25, -0.2) is 0 Å². The molecule has 0 aromatic heterocycles. The third-order valence-electron chi connectivity index (χ3n) is 5.32. The van der Waals surface area contributed by atoms with Gasteiger partial charge in [0, 0.05) is 11.6 Å². The summed E-state index contributed by atoms with van der Waals surface area (Å²) in [6.07, 6.45) is 7.39. The summed E-state index contributed by atoms with van der Waals surface area (Å²) >= 11 is 0. The molecule has 1 saturated heterocycles. The van der Waals surface area contributed by atoms with Crippen LogP contribution in [0, 0.1) is 17.3 Å². The molecule has 2 aliphatic rings. The monoisotopic (exact) mass is 251 g/mol. The zero-order valence-corrected chi connectivity index (χ0v) is 13.4. The van der Waals surface area contributed by atoms with Gasteiger partial charge in [0.2, 0.25) is 0 Å². The van der Waals surface area contributed by atoms with Gasteiger partial charge in [-0.1, -0.05) is 40.0 Å². The Balaban J connectivity index is 2.10. The number of hydrogen-bond donors (Lipinski definition) is 0. The Morgan fingerprint density at radius 1 is 0.833 bits per heavy atom. The van der Waals surface area contributed by atoms with E-state index in [1.165, 1.54) is 38.6 Å². The van der Waals surface area contributed by atoms with Gasteiger partial charge in [0.1, 0.15) is 0 Å². The van der Waals surface area contributed by atoms with E-state index in [1.54, 1.807) is 0 Å². The Hall–Kier alpha value is -0.0400. The fourth-order valence-electron chi connectivity index (χ4n) is 3.96. The zero-order chi connectivity index (χ0) is 13.6. The molecule has 2 fully saturated rings. The Labute approximate surface area is 114 Å². The predicted octanol–water partition coefficient (Wildman–Crippen LogP) is 4.71. The van der Waals surface area contributed by atoms with Gasteiger partial charge in [-0.15, -0.1) is 0 Å². The lowest BCUT2D eigenvalue weighted by Crippen LogP contribution is -2.57. The van der Waals surface area contributed by atoms with E-state index < -0.39 is 0 Å². The first-order valence-corrected chi connectivity index (χ1v) is 7.96. The van der Waals surface area contributed by atoms with Gasteiger partial charge in [-0.3, -0.25) is 4.90 Å². The van der Waals surface area contributed by atoms with Gasteiger partial charge in [0.15, 0.2) is 0 Å². The van der Waals surface area contributed by atoms with Gasteiger partial charge < -0.3 is 0 Å². The van der Waals surface area contributed by atoms with Crippen LogP contribution in [0.3, 0.4) is 0 Å². The van der Waals surface area contributed by atoms with Crippen molar-refractivity contribution in [2.45, 2.75) is 85.2 Å². The molecule has 2 atom stereocenters. The van der Waals surface area contributed by atoms with Gasteiger partial charge in [0.25, 0.3) is 0 Å². The molecule has 0 radical (unpaired) electrons. The van der Waals surface area contributed by atoms with Crippen molar-refractivity contribution in [3.63, 3.8) is 0 Å². The van der Waals surface area contributed by atoms with Crippen LogP contribution in [0.2, 0.25) is 0 Å². The Bertz CT molecular complexity index is 277. The van der Waals surface area contributed by atoms with Gasteiger partial charge >= 0.3 is 0 Å². The Morgan fingerprint density at radius 2 is 1.44 bits per heavy atom. The van der Waals surface area contributed by atoms with Crippen molar-refractivity contribution in [2.75, 3.05) is 6.54 Å². The van der Waals surface area contributed by atoms with Crippen molar-refractivity contribution in [2.24, 2.45) is 17.3 Å². The molecule has 1 aliphatic carbocycles. The molecule has 18 heavy (non-hydrogen) atoms. The molecule has 1 nitrogen and oxygen atoms in total. The molecule has 106 valence electrons. The summed E-state index contributed by atoms with van der Waals surface area (Å²) in [5.74, 6) is 2.08. The van der Waals surface area contributed by atoms with Crippen molar-refractivity contribution >= 4 is 0 Å². The van der Waals surface area contributed by atoms with E-state index in [1.807, 2.05) is 0 Å². The van der Waals surface area contributed by atoms with Crippen molar-refractivity contribution in [3.8, 4) is 0 Å². The molecular weight excluding hydrogens is 218 g/mol. The molecule has 1 aliphatic heterocycles. The maximum Gasteiger partial charge on any atom is 0.0152 e. The highest BCUT2D eigenvalue weighted by molar-refractivity contribution is 4.96.